The van der Waals surface area contributed by atoms with E-state index in [1.165, 1.54) is 11.3 Å². The van der Waals surface area contributed by atoms with E-state index in [9.17, 15) is 4.79 Å². The van der Waals surface area contributed by atoms with Crippen molar-refractivity contribution in [1.29, 1.82) is 0 Å². The van der Waals surface area contributed by atoms with Gasteiger partial charge in [-0.05, 0) is 22.0 Å². The van der Waals surface area contributed by atoms with Crippen molar-refractivity contribution in [2.45, 2.75) is 13.8 Å². The van der Waals surface area contributed by atoms with Gasteiger partial charge in [-0.25, -0.2) is 0 Å². The minimum atomic E-state index is 0.761. The van der Waals surface area contributed by atoms with Crippen LogP contribution >= 0.6 is 27.3 Å². The number of rotatable bonds is 1. The molecular weight excluding hydrogens is 212 g/mol. The molecule has 0 unspecified atom stereocenters. The van der Waals surface area contributed by atoms with Gasteiger partial charge in [0.25, 0.3) is 0 Å². The standard InChI is InChI=1S/C5H3BrOS.C2H6/c6-4-1-5(2-7)8-3-4;1-2/h1-3H;1-2H3. The highest BCUT2D eigenvalue weighted by Crippen LogP contribution is 2.17. The molecule has 0 spiro atoms. The molecule has 0 aliphatic heterocycles. The first kappa shape index (κ1) is 9.85. The molecule has 0 aromatic carbocycles. The Morgan fingerprint density at radius 3 is 2.40 bits per heavy atom. The lowest BCUT2D eigenvalue weighted by Crippen LogP contribution is -1.62. The minimum absolute atomic E-state index is 0.761. The fourth-order valence-electron chi connectivity index (χ4n) is 0.390. The van der Waals surface area contributed by atoms with E-state index in [1.807, 2.05) is 19.2 Å². The highest BCUT2D eigenvalue weighted by molar-refractivity contribution is 9.10. The number of aldehydes is 1. The Labute approximate surface area is 73.2 Å². The summed E-state index contributed by atoms with van der Waals surface area (Å²) in [4.78, 5) is 10.8. The summed E-state index contributed by atoms with van der Waals surface area (Å²) in [5, 5.41) is 1.88. The van der Waals surface area contributed by atoms with Crippen molar-refractivity contribution < 1.29 is 4.79 Å². The average molecular weight is 221 g/mol. The SMILES string of the molecule is CC.O=Cc1cc(Br)cs1. The molecule has 1 aromatic heterocycles. The van der Waals surface area contributed by atoms with Crippen molar-refractivity contribution in [2.24, 2.45) is 0 Å². The van der Waals surface area contributed by atoms with Crippen LogP contribution in [0.3, 0.4) is 0 Å². The number of thiophene rings is 1. The van der Waals surface area contributed by atoms with Crippen LogP contribution in [-0.4, -0.2) is 6.29 Å². The van der Waals surface area contributed by atoms with Crippen LogP contribution in [0.25, 0.3) is 0 Å². The van der Waals surface area contributed by atoms with Gasteiger partial charge in [-0.2, -0.15) is 0 Å². The summed E-state index contributed by atoms with van der Waals surface area (Å²) >= 11 is 4.66. The maximum atomic E-state index is 10.0. The molecule has 0 aliphatic carbocycles. The van der Waals surface area contributed by atoms with Crippen LogP contribution in [0.2, 0.25) is 0 Å². The molecule has 1 nitrogen and oxygen atoms in total. The molecule has 0 fully saturated rings. The molecule has 1 rings (SSSR count). The number of hydrogen-bond acceptors (Lipinski definition) is 2. The van der Waals surface area contributed by atoms with Crippen LogP contribution in [0.1, 0.15) is 23.5 Å². The van der Waals surface area contributed by atoms with Crippen molar-refractivity contribution in [3.05, 3.63) is 20.8 Å². The summed E-state index contributed by atoms with van der Waals surface area (Å²) in [6.45, 7) is 4.00. The molecule has 0 atom stereocenters. The molecule has 0 radical (unpaired) electrons. The zero-order valence-electron chi connectivity index (χ0n) is 5.93. The predicted octanol–water partition coefficient (Wildman–Crippen LogP) is 3.35. The minimum Gasteiger partial charge on any atom is -0.297 e. The second kappa shape index (κ2) is 5.62. The third kappa shape index (κ3) is 3.13. The van der Waals surface area contributed by atoms with Crippen molar-refractivity contribution in [3.63, 3.8) is 0 Å². The van der Waals surface area contributed by atoms with E-state index in [0.717, 1.165) is 15.6 Å². The Bertz CT molecular complexity index is 195. The highest BCUT2D eigenvalue weighted by atomic mass is 79.9. The second-order valence-electron chi connectivity index (χ2n) is 1.29. The van der Waals surface area contributed by atoms with Crippen molar-refractivity contribution in [3.8, 4) is 0 Å². The van der Waals surface area contributed by atoms with E-state index in [4.69, 9.17) is 0 Å². The summed E-state index contributed by atoms with van der Waals surface area (Å²) in [5.41, 5.74) is 0. The van der Waals surface area contributed by atoms with Crippen molar-refractivity contribution in [2.75, 3.05) is 0 Å². The Kier molecular flexibility index (Phi) is 5.54. The van der Waals surface area contributed by atoms with Gasteiger partial charge in [0, 0.05) is 9.85 Å². The van der Waals surface area contributed by atoms with Crippen LogP contribution in [-0.2, 0) is 0 Å². The van der Waals surface area contributed by atoms with Gasteiger partial charge in [0.05, 0.1) is 4.88 Å². The zero-order chi connectivity index (χ0) is 7.98. The van der Waals surface area contributed by atoms with E-state index in [-0.39, 0.29) is 0 Å². The normalized spacial score (nSPS) is 7.90. The Morgan fingerprint density at radius 1 is 1.60 bits per heavy atom. The van der Waals surface area contributed by atoms with E-state index < -0.39 is 0 Å². The van der Waals surface area contributed by atoms with E-state index >= 15 is 0 Å². The first-order valence-electron chi connectivity index (χ1n) is 3.02. The lowest BCUT2D eigenvalue weighted by atomic mass is 10.5. The largest absolute Gasteiger partial charge is 0.297 e. The molecule has 0 saturated carbocycles. The summed E-state index contributed by atoms with van der Waals surface area (Å²) in [6.07, 6.45) is 0.843. The summed E-state index contributed by atoms with van der Waals surface area (Å²) < 4.78 is 0.976. The molecule has 1 heterocycles. The highest BCUT2D eigenvalue weighted by Gasteiger charge is 1.91. The zero-order valence-corrected chi connectivity index (χ0v) is 8.33. The average Bonchev–Trinajstić information content (AvgIpc) is 2.40. The lowest BCUT2D eigenvalue weighted by molar-refractivity contribution is 0.112. The number of hydrogen-bond donors (Lipinski definition) is 0. The first-order valence-corrected chi connectivity index (χ1v) is 4.69. The molecule has 3 heteroatoms. The van der Waals surface area contributed by atoms with Crippen molar-refractivity contribution >= 4 is 33.6 Å². The molecule has 0 N–H and O–H groups in total. The van der Waals surface area contributed by atoms with E-state index in [2.05, 4.69) is 15.9 Å². The second-order valence-corrected chi connectivity index (χ2v) is 3.14. The van der Waals surface area contributed by atoms with Gasteiger partial charge in [-0.15, -0.1) is 11.3 Å². The van der Waals surface area contributed by atoms with E-state index in [0.29, 0.717) is 0 Å². The Balaban J connectivity index is 0.000000371. The van der Waals surface area contributed by atoms with Gasteiger partial charge in [0.15, 0.2) is 6.29 Å². The van der Waals surface area contributed by atoms with Crippen LogP contribution in [0.5, 0.6) is 0 Å². The molecule has 0 amide bonds. The smallest absolute Gasteiger partial charge is 0.160 e. The van der Waals surface area contributed by atoms with Gasteiger partial charge >= 0.3 is 0 Å². The maximum absolute atomic E-state index is 10.0. The fourth-order valence-corrected chi connectivity index (χ4v) is 1.64. The predicted molar refractivity (Wildman–Crippen MR) is 48.8 cm³/mol. The number of halogens is 1. The molecule has 0 bridgehead atoms. The first-order chi connectivity index (χ1) is 4.83. The molecule has 0 saturated heterocycles. The summed E-state index contributed by atoms with van der Waals surface area (Å²) in [5.74, 6) is 0. The van der Waals surface area contributed by atoms with Gasteiger partial charge in [0.1, 0.15) is 0 Å². The number of carbonyl (C=O) groups excluding carboxylic acids is 1. The van der Waals surface area contributed by atoms with Gasteiger partial charge in [-0.3, -0.25) is 4.79 Å². The van der Waals surface area contributed by atoms with E-state index in [1.54, 1.807) is 6.07 Å². The molecular formula is C7H9BrOS. The number of carbonyl (C=O) groups is 1. The Morgan fingerprint density at radius 2 is 2.20 bits per heavy atom. The summed E-state index contributed by atoms with van der Waals surface area (Å²) in [6, 6.07) is 1.79. The molecule has 1 aromatic rings. The molecule has 10 heavy (non-hydrogen) atoms. The molecule has 56 valence electrons. The van der Waals surface area contributed by atoms with Crippen LogP contribution < -0.4 is 0 Å². The summed E-state index contributed by atoms with van der Waals surface area (Å²) in [7, 11) is 0. The van der Waals surface area contributed by atoms with Crippen LogP contribution in [0, 0.1) is 0 Å². The quantitative estimate of drug-likeness (QED) is 0.664. The fraction of sp³-hybridized carbons (Fsp3) is 0.286. The molecule has 0 aliphatic rings. The van der Waals surface area contributed by atoms with Gasteiger partial charge < -0.3 is 0 Å². The lowest BCUT2D eigenvalue weighted by Gasteiger charge is -1.68. The maximum Gasteiger partial charge on any atom is 0.160 e. The monoisotopic (exact) mass is 220 g/mol. The topological polar surface area (TPSA) is 17.1 Å². The third-order valence-corrected chi connectivity index (χ3v) is 2.32. The van der Waals surface area contributed by atoms with Gasteiger partial charge in [-0.1, -0.05) is 13.8 Å². The van der Waals surface area contributed by atoms with Gasteiger partial charge in [0.2, 0.25) is 0 Å². The third-order valence-electron chi connectivity index (χ3n) is 0.704. The van der Waals surface area contributed by atoms with Crippen molar-refractivity contribution in [1.82, 2.24) is 0 Å². The van der Waals surface area contributed by atoms with Crippen LogP contribution in [0.4, 0.5) is 0 Å². The van der Waals surface area contributed by atoms with Crippen LogP contribution in [0.15, 0.2) is 15.9 Å². The Hall–Kier alpha value is -0.150.